The zero-order chi connectivity index (χ0) is 20.6. The van der Waals surface area contributed by atoms with Crippen LogP contribution in [0.15, 0.2) is 47.6 Å². The molecule has 1 aliphatic rings. The minimum atomic E-state index is -0.201. The molecule has 152 valence electrons. The number of carbonyl (C=O) groups excluding carboxylic acids is 2. The van der Waals surface area contributed by atoms with Crippen LogP contribution >= 0.6 is 11.6 Å². The number of nitrogens with zero attached hydrogens (tertiary/aromatic N) is 3. The van der Waals surface area contributed by atoms with Gasteiger partial charge in [-0.15, -0.1) is 0 Å². The number of benzene rings is 1. The van der Waals surface area contributed by atoms with Gasteiger partial charge in [-0.25, -0.2) is 4.98 Å². The van der Waals surface area contributed by atoms with Crippen LogP contribution in [-0.2, 0) is 6.42 Å². The summed E-state index contributed by atoms with van der Waals surface area (Å²) in [6.45, 7) is 1.84. The molecule has 0 aliphatic carbocycles. The molecular weight excluding hydrogens is 390 g/mol. The summed E-state index contributed by atoms with van der Waals surface area (Å²) in [5.74, 6) is 0.313. The number of pyridine rings is 1. The zero-order valence-corrected chi connectivity index (χ0v) is 17.1. The second kappa shape index (κ2) is 10.0. The molecule has 2 N–H and O–H groups in total. The lowest BCUT2D eigenvalue weighted by Crippen LogP contribution is -2.39. The average Bonchev–Trinajstić information content (AvgIpc) is 2.98. The first-order valence-corrected chi connectivity index (χ1v) is 9.98. The predicted octanol–water partition coefficient (Wildman–Crippen LogP) is 2.52. The van der Waals surface area contributed by atoms with Gasteiger partial charge in [-0.3, -0.25) is 19.5 Å². The molecule has 2 aromatic rings. The van der Waals surface area contributed by atoms with Crippen LogP contribution in [-0.4, -0.2) is 54.3 Å². The van der Waals surface area contributed by atoms with E-state index in [0.717, 1.165) is 31.4 Å². The minimum Gasteiger partial charge on any atom is -0.356 e. The summed E-state index contributed by atoms with van der Waals surface area (Å²) in [4.78, 5) is 34.2. The number of aromatic nitrogens is 1. The summed E-state index contributed by atoms with van der Waals surface area (Å²) in [6.07, 6.45) is 4.12. The van der Waals surface area contributed by atoms with Gasteiger partial charge in [0.2, 0.25) is 0 Å². The van der Waals surface area contributed by atoms with Gasteiger partial charge in [0.25, 0.3) is 11.8 Å². The molecule has 1 aromatic heterocycles. The lowest BCUT2D eigenvalue weighted by Gasteiger charge is -2.15. The lowest BCUT2D eigenvalue weighted by molar-refractivity contribution is 0.0652. The highest BCUT2D eigenvalue weighted by Gasteiger charge is 2.34. The smallest absolute Gasteiger partial charge is 0.261 e. The second-order valence-corrected chi connectivity index (χ2v) is 7.07. The molecule has 2 amide bonds. The summed E-state index contributed by atoms with van der Waals surface area (Å²) in [6, 6.07) is 10.7. The third-order valence-electron chi connectivity index (χ3n) is 4.70. The average molecular weight is 414 g/mol. The van der Waals surface area contributed by atoms with E-state index in [9.17, 15) is 9.59 Å². The summed E-state index contributed by atoms with van der Waals surface area (Å²) in [5.41, 5.74) is 2.09. The van der Waals surface area contributed by atoms with Crippen molar-refractivity contribution in [2.45, 2.75) is 19.3 Å². The van der Waals surface area contributed by atoms with Gasteiger partial charge >= 0.3 is 0 Å². The Kier molecular flexibility index (Phi) is 7.19. The van der Waals surface area contributed by atoms with Crippen LogP contribution in [0.2, 0.25) is 5.15 Å². The van der Waals surface area contributed by atoms with Crippen LogP contribution in [0.3, 0.4) is 0 Å². The molecule has 0 radical (unpaired) electrons. The van der Waals surface area contributed by atoms with E-state index in [1.54, 1.807) is 43.6 Å². The Bertz CT molecular complexity index is 863. The van der Waals surface area contributed by atoms with E-state index in [2.05, 4.69) is 20.6 Å². The summed E-state index contributed by atoms with van der Waals surface area (Å²) in [5, 5.41) is 6.98. The first-order valence-electron chi connectivity index (χ1n) is 9.60. The molecule has 3 rings (SSSR count). The molecule has 0 fully saturated rings. The number of halogens is 1. The predicted molar refractivity (Wildman–Crippen MR) is 113 cm³/mol. The molecule has 0 saturated carbocycles. The standard InChI is InChI=1S/C21H24ClN5O2/c1-23-21(25-12-10-15-8-9-18(22)26-14-15)24-11-4-5-13-27-19(28)16-6-2-3-7-17(16)20(27)29/h2-3,6-9,14H,4-5,10-13H2,1H3,(H2,23,24,25). The van der Waals surface area contributed by atoms with Gasteiger partial charge in [-0.1, -0.05) is 29.8 Å². The van der Waals surface area contributed by atoms with E-state index in [0.29, 0.717) is 35.3 Å². The Morgan fingerprint density at radius 2 is 1.72 bits per heavy atom. The molecule has 0 saturated heterocycles. The van der Waals surface area contributed by atoms with Crippen LogP contribution in [0, 0.1) is 0 Å². The Balaban J connectivity index is 1.34. The number of hydrogen-bond donors (Lipinski definition) is 2. The van der Waals surface area contributed by atoms with E-state index in [-0.39, 0.29) is 11.8 Å². The minimum absolute atomic E-state index is 0.201. The summed E-state index contributed by atoms with van der Waals surface area (Å²) < 4.78 is 0. The number of amides is 2. The Morgan fingerprint density at radius 1 is 1.03 bits per heavy atom. The van der Waals surface area contributed by atoms with Crippen molar-refractivity contribution in [3.05, 3.63) is 64.4 Å². The molecule has 29 heavy (non-hydrogen) atoms. The van der Waals surface area contributed by atoms with Crippen molar-refractivity contribution in [3.8, 4) is 0 Å². The van der Waals surface area contributed by atoms with Gasteiger partial charge in [-0.05, 0) is 43.0 Å². The lowest BCUT2D eigenvalue weighted by atomic mass is 10.1. The quantitative estimate of drug-likeness (QED) is 0.228. The van der Waals surface area contributed by atoms with Gasteiger partial charge in [0.15, 0.2) is 5.96 Å². The third kappa shape index (κ3) is 5.32. The fraction of sp³-hybridized carbons (Fsp3) is 0.333. The highest BCUT2D eigenvalue weighted by molar-refractivity contribution is 6.29. The molecule has 8 heteroatoms. The molecular formula is C21H24ClN5O2. The topological polar surface area (TPSA) is 86.7 Å². The van der Waals surface area contributed by atoms with E-state index in [1.165, 1.54) is 4.90 Å². The number of rotatable bonds is 8. The van der Waals surface area contributed by atoms with Crippen molar-refractivity contribution < 1.29 is 9.59 Å². The number of unbranched alkanes of at least 4 members (excludes halogenated alkanes) is 1. The van der Waals surface area contributed by atoms with Crippen molar-refractivity contribution >= 4 is 29.4 Å². The fourth-order valence-electron chi connectivity index (χ4n) is 3.14. The van der Waals surface area contributed by atoms with E-state index < -0.39 is 0 Å². The highest BCUT2D eigenvalue weighted by Crippen LogP contribution is 2.22. The van der Waals surface area contributed by atoms with Gasteiger partial charge in [0.05, 0.1) is 11.1 Å². The Hall–Kier alpha value is -2.93. The SMILES string of the molecule is CN=C(NCCCCN1C(=O)c2ccccc2C1=O)NCCc1ccc(Cl)nc1. The summed E-state index contributed by atoms with van der Waals surface area (Å²) >= 11 is 5.79. The maximum absolute atomic E-state index is 12.3. The molecule has 7 nitrogen and oxygen atoms in total. The van der Waals surface area contributed by atoms with Crippen LogP contribution < -0.4 is 10.6 Å². The number of fused-ring (bicyclic) bond motifs is 1. The van der Waals surface area contributed by atoms with Crippen LogP contribution in [0.1, 0.15) is 39.1 Å². The highest BCUT2D eigenvalue weighted by atomic mass is 35.5. The molecule has 0 spiro atoms. The van der Waals surface area contributed by atoms with Crippen molar-refractivity contribution in [2.75, 3.05) is 26.7 Å². The number of guanidine groups is 1. The van der Waals surface area contributed by atoms with Crippen molar-refractivity contribution in [2.24, 2.45) is 4.99 Å². The molecule has 1 aliphatic heterocycles. The number of hydrogen-bond acceptors (Lipinski definition) is 4. The monoisotopic (exact) mass is 413 g/mol. The number of carbonyl (C=O) groups is 2. The van der Waals surface area contributed by atoms with Crippen molar-refractivity contribution in [3.63, 3.8) is 0 Å². The van der Waals surface area contributed by atoms with Gasteiger partial charge in [-0.2, -0.15) is 0 Å². The first-order chi connectivity index (χ1) is 14.1. The van der Waals surface area contributed by atoms with Gasteiger partial charge in [0, 0.05) is 32.9 Å². The molecule has 0 unspecified atom stereocenters. The largest absolute Gasteiger partial charge is 0.356 e. The normalized spacial score (nSPS) is 13.6. The van der Waals surface area contributed by atoms with Crippen LogP contribution in [0.25, 0.3) is 0 Å². The molecule has 0 bridgehead atoms. The molecule has 2 heterocycles. The number of imide groups is 1. The maximum Gasteiger partial charge on any atom is 0.261 e. The zero-order valence-electron chi connectivity index (χ0n) is 16.3. The second-order valence-electron chi connectivity index (χ2n) is 6.68. The summed E-state index contributed by atoms with van der Waals surface area (Å²) in [7, 11) is 1.72. The van der Waals surface area contributed by atoms with Crippen LogP contribution in [0.4, 0.5) is 0 Å². The van der Waals surface area contributed by atoms with E-state index >= 15 is 0 Å². The van der Waals surface area contributed by atoms with Gasteiger partial charge in [0.1, 0.15) is 5.15 Å². The number of aliphatic imine (C=N–C) groups is 1. The molecule has 1 aromatic carbocycles. The van der Waals surface area contributed by atoms with E-state index in [1.807, 2.05) is 6.07 Å². The Morgan fingerprint density at radius 3 is 2.34 bits per heavy atom. The Labute approximate surface area is 175 Å². The van der Waals surface area contributed by atoms with E-state index in [4.69, 9.17) is 11.6 Å². The maximum atomic E-state index is 12.3. The van der Waals surface area contributed by atoms with Crippen molar-refractivity contribution in [1.82, 2.24) is 20.5 Å². The third-order valence-corrected chi connectivity index (χ3v) is 4.92. The number of nitrogens with one attached hydrogen (secondary N) is 2. The molecule has 0 atom stereocenters. The van der Waals surface area contributed by atoms with Crippen LogP contribution in [0.5, 0.6) is 0 Å². The first kappa shape index (κ1) is 20.8. The van der Waals surface area contributed by atoms with Crippen molar-refractivity contribution in [1.29, 1.82) is 0 Å². The van der Waals surface area contributed by atoms with Gasteiger partial charge < -0.3 is 10.6 Å². The fourth-order valence-corrected chi connectivity index (χ4v) is 3.26.